The van der Waals surface area contributed by atoms with E-state index < -0.39 is 29.1 Å². The Morgan fingerprint density at radius 1 is 1.10 bits per heavy atom. The van der Waals surface area contributed by atoms with Gasteiger partial charge in [-0.1, -0.05) is 45.3 Å². The van der Waals surface area contributed by atoms with Gasteiger partial charge >= 0.3 is 0 Å². The number of amides is 3. The topological polar surface area (TPSA) is 90.4 Å². The highest BCUT2D eigenvalue weighted by atomic mass is 16.5. The smallest absolute Gasteiger partial charge is 0.248 e. The van der Waals surface area contributed by atoms with E-state index in [1.165, 1.54) is 0 Å². The lowest BCUT2D eigenvalue weighted by Gasteiger charge is -2.39. The van der Waals surface area contributed by atoms with Crippen LogP contribution in [-0.2, 0) is 19.1 Å². The van der Waals surface area contributed by atoms with Gasteiger partial charge in [-0.3, -0.25) is 14.4 Å². The molecule has 8 heteroatoms. The van der Waals surface area contributed by atoms with Crippen LogP contribution in [0.15, 0.2) is 25.3 Å². The molecule has 3 unspecified atom stereocenters. The summed E-state index contributed by atoms with van der Waals surface area (Å²) in [6.07, 6.45) is 10.5. The number of aliphatic hydroxyl groups is 1. The highest BCUT2D eigenvalue weighted by Gasteiger charge is 2.78. The lowest BCUT2D eigenvalue weighted by molar-refractivity contribution is -0.154. The maximum Gasteiger partial charge on any atom is 0.248 e. The molecule has 3 amide bonds. The van der Waals surface area contributed by atoms with Gasteiger partial charge in [-0.05, 0) is 52.4 Å². The molecule has 39 heavy (non-hydrogen) atoms. The summed E-state index contributed by atoms with van der Waals surface area (Å²) in [5, 5.41) is 9.17. The summed E-state index contributed by atoms with van der Waals surface area (Å²) in [7, 11) is 0. The minimum absolute atomic E-state index is 0.00304. The molecule has 2 bridgehead atoms. The van der Waals surface area contributed by atoms with Crippen molar-refractivity contribution in [3.8, 4) is 0 Å². The summed E-state index contributed by atoms with van der Waals surface area (Å²) in [5.74, 6) is -1.60. The van der Waals surface area contributed by atoms with Crippen LogP contribution in [0.2, 0.25) is 0 Å². The Labute approximate surface area is 235 Å². The third-order valence-corrected chi connectivity index (χ3v) is 9.09. The summed E-state index contributed by atoms with van der Waals surface area (Å²) in [4.78, 5) is 48.2. The number of fused-ring (bicyclic) bond motifs is 1. The van der Waals surface area contributed by atoms with Gasteiger partial charge in [0.15, 0.2) is 0 Å². The van der Waals surface area contributed by atoms with Gasteiger partial charge in [0.05, 0.1) is 17.4 Å². The molecule has 3 rings (SSSR count). The minimum Gasteiger partial charge on any atom is -0.396 e. The van der Waals surface area contributed by atoms with E-state index in [-0.39, 0.29) is 30.4 Å². The van der Waals surface area contributed by atoms with E-state index >= 15 is 0 Å². The number of ether oxygens (including phenoxy) is 1. The number of carbonyl (C=O) groups is 3. The average molecular weight is 546 g/mol. The van der Waals surface area contributed by atoms with Crippen LogP contribution in [0.1, 0.15) is 85.5 Å². The predicted molar refractivity (Wildman–Crippen MR) is 153 cm³/mol. The molecule has 3 aliphatic heterocycles. The van der Waals surface area contributed by atoms with Gasteiger partial charge in [0.2, 0.25) is 17.7 Å². The van der Waals surface area contributed by atoms with Crippen LogP contribution in [0, 0.1) is 11.8 Å². The fraction of sp³-hybridized carbons (Fsp3) is 0.774. The van der Waals surface area contributed by atoms with Crippen molar-refractivity contribution in [2.75, 3.05) is 32.8 Å². The lowest BCUT2D eigenvalue weighted by atomic mass is 9.66. The summed E-state index contributed by atoms with van der Waals surface area (Å²) in [5.41, 5.74) is -1.79. The molecule has 0 aromatic heterocycles. The van der Waals surface area contributed by atoms with Gasteiger partial charge in [-0.25, -0.2) is 0 Å². The largest absolute Gasteiger partial charge is 0.396 e. The normalized spacial score (nSPS) is 29.8. The number of hydrogen-bond donors (Lipinski definition) is 1. The number of unbranched alkanes of at least 4 members (excludes halogenated alkanes) is 3. The third kappa shape index (κ3) is 5.83. The molecule has 0 saturated carbocycles. The van der Waals surface area contributed by atoms with Crippen molar-refractivity contribution in [1.82, 2.24) is 14.7 Å². The van der Waals surface area contributed by atoms with Crippen molar-refractivity contribution in [1.29, 1.82) is 0 Å². The fourth-order valence-electron chi connectivity index (χ4n) is 7.34. The monoisotopic (exact) mass is 545 g/mol. The average Bonchev–Trinajstić information content (AvgIpc) is 3.47. The Morgan fingerprint density at radius 3 is 2.41 bits per heavy atom. The Bertz CT molecular complexity index is 909. The first-order chi connectivity index (χ1) is 18.7. The molecule has 0 aliphatic carbocycles. The Hall–Kier alpha value is -2.19. The standard InChI is InChI=1S/C31H51N3O5/c1-7-15-23(5)33(20-10-4)29(38)26-31-17-16-30(6,39-31)24(27(36)32(18-8-2)19-9-3)25(31)28(37)34(26)21-13-11-12-14-22-35/h8,10,23-26,35H,2,4,7,9,11-22H2,1,3,5-6H3/t23?,24-,25+,26?,30+,31?/m1/s1. The molecule has 3 saturated heterocycles. The van der Waals surface area contributed by atoms with Crippen molar-refractivity contribution >= 4 is 17.7 Å². The van der Waals surface area contributed by atoms with Gasteiger partial charge < -0.3 is 24.5 Å². The number of aliphatic hydroxyl groups excluding tert-OH is 1. The first-order valence-electron chi connectivity index (χ1n) is 15.1. The maximum atomic E-state index is 14.5. The van der Waals surface area contributed by atoms with E-state index in [0.717, 1.165) is 44.9 Å². The van der Waals surface area contributed by atoms with Crippen LogP contribution in [0.3, 0.4) is 0 Å². The Kier molecular flexibility index (Phi) is 10.8. The van der Waals surface area contributed by atoms with Gasteiger partial charge in [0.25, 0.3) is 0 Å². The highest BCUT2D eigenvalue weighted by molar-refractivity contribution is 5.99. The molecule has 3 fully saturated rings. The zero-order chi connectivity index (χ0) is 28.8. The first-order valence-corrected chi connectivity index (χ1v) is 15.1. The summed E-state index contributed by atoms with van der Waals surface area (Å²) < 4.78 is 6.82. The van der Waals surface area contributed by atoms with Gasteiger partial charge in [-0.15, -0.1) is 13.2 Å². The molecule has 0 radical (unpaired) electrons. The van der Waals surface area contributed by atoms with Crippen LogP contribution in [-0.4, -0.2) is 93.6 Å². The van der Waals surface area contributed by atoms with E-state index in [4.69, 9.17) is 9.84 Å². The second kappa shape index (κ2) is 13.4. The molecule has 220 valence electrons. The van der Waals surface area contributed by atoms with Crippen molar-refractivity contribution in [2.24, 2.45) is 11.8 Å². The molecule has 3 aliphatic rings. The van der Waals surface area contributed by atoms with Crippen LogP contribution < -0.4 is 0 Å². The second-order valence-electron chi connectivity index (χ2n) is 11.9. The number of hydrogen-bond acceptors (Lipinski definition) is 5. The zero-order valence-corrected chi connectivity index (χ0v) is 24.7. The summed E-state index contributed by atoms with van der Waals surface area (Å²) in [6.45, 7) is 17.9. The van der Waals surface area contributed by atoms with Crippen molar-refractivity contribution in [2.45, 2.75) is 109 Å². The Balaban J connectivity index is 2.03. The lowest BCUT2D eigenvalue weighted by Crippen LogP contribution is -2.58. The van der Waals surface area contributed by atoms with E-state index in [2.05, 4.69) is 27.0 Å². The molecule has 0 aromatic rings. The second-order valence-corrected chi connectivity index (χ2v) is 11.9. The molecule has 3 heterocycles. The zero-order valence-electron chi connectivity index (χ0n) is 24.7. The number of likely N-dealkylation sites (tertiary alicyclic amines) is 1. The van der Waals surface area contributed by atoms with Gasteiger partial charge in [-0.2, -0.15) is 0 Å². The van der Waals surface area contributed by atoms with Gasteiger partial charge in [0, 0.05) is 38.8 Å². The molecule has 1 N–H and O–H groups in total. The summed E-state index contributed by atoms with van der Waals surface area (Å²) >= 11 is 0. The SMILES string of the molecule is C=CCN(CCC)C(=O)[C@H]1[C@H]2C(=O)N(CCCCCCO)C(C(=O)N(CC=C)C(C)CCC)C23CC[C@]1(C)O3. The van der Waals surface area contributed by atoms with Crippen LogP contribution in [0.5, 0.6) is 0 Å². The minimum atomic E-state index is -1.01. The molecule has 0 aromatic carbocycles. The molecule has 8 nitrogen and oxygen atoms in total. The predicted octanol–water partition coefficient (Wildman–Crippen LogP) is 3.93. The van der Waals surface area contributed by atoms with Crippen LogP contribution in [0.4, 0.5) is 0 Å². The highest BCUT2D eigenvalue weighted by Crippen LogP contribution is 2.63. The maximum absolute atomic E-state index is 14.5. The quantitative estimate of drug-likeness (QED) is 0.221. The van der Waals surface area contributed by atoms with Crippen LogP contribution >= 0.6 is 0 Å². The van der Waals surface area contributed by atoms with E-state index in [9.17, 15) is 14.4 Å². The Morgan fingerprint density at radius 2 is 1.79 bits per heavy atom. The first kappa shape index (κ1) is 31.3. The van der Waals surface area contributed by atoms with E-state index in [0.29, 0.717) is 39.0 Å². The molecular formula is C31H51N3O5. The molecule has 6 atom stereocenters. The van der Waals surface area contributed by atoms with Crippen LogP contribution in [0.25, 0.3) is 0 Å². The van der Waals surface area contributed by atoms with E-state index in [1.807, 2.05) is 18.7 Å². The number of rotatable bonds is 17. The van der Waals surface area contributed by atoms with Crippen molar-refractivity contribution < 1.29 is 24.2 Å². The third-order valence-electron chi connectivity index (χ3n) is 9.09. The number of nitrogens with zero attached hydrogens (tertiary/aromatic N) is 3. The molecule has 1 spiro atoms. The van der Waals surface area contributed by atoms with E-state index in [1.54, 1.807) is 22.0 Å². The number of carbonyl (C=O) groups excluding carboxylic acids is 3. The van der Waals surface area contributed by atoms with Crippen molar-refractivity contribution in [3.63, 3.8) is 0 Å². The molecular weight excluding hydrogens is 494 g/mol. The fourth-order valence-corrected chi connectivity index (χ4v) is 7.34. The van der Waals surface area contributed by atoms with Crippen molar-refractivity contribution in [3.05, 3.63) is 25.3 Å². The summed E-state index contributed by atoms with van der Waals surface area (Å²) in [6, 6.07) is -0.762. The van der Waals surface area contributed by atoms with Gasteiger partial charge in [0.1, 0.15) is 11.6 Å².